The molecule has 5 nitrogen and oxygen atoms in total. The maximum atomic E-state index is 11.4. The number of carbonyl (C=O) groups is 2. The van der Waals surface area contributed by atoms with Crippen LogP contribution in [0.3, 0.4) is 0 Å². The Bertz CT molecular complexity index is 408. The summed E-state index contributed by atoms with van der Waals surface area (Å²) in [4.78, 5) is 20.4. The maximum Gasteiger partial charge on any atom is 0.300 e. The molecule has 0 aliphatic carbocycles. The van der Waals surface area contributed by atoms with Crippen molar-refractivity contribution in [2.75, 3.05) is 13.7 Å². The van der Waals surface area contributed by atoms with Gasteiger partial charge in [-0.15, -0.1) is 0 Å². The van der Waals surface area contributed by atoms with Crippen LogP contribution < -0.4 is 9.47 Å². The topological polar surface area (TPSA) is 72.8 Å². The fraction of sp³-hybridized carbons (Fsp3) is 0.385. The van der Waals surface area contributed by atoms with Crippen LogP contribution in [0, 0.1) is 0 Å². The number of hydrogen-bond acceptors (Lipinski definition) is 4. The predicted molar refractivity (Wildman–Crippen MR) is 67.5 cm³/mol. The summed E-state index contributed by atoms with van der Waals surface area (Å²) in [5, 5.41) is 7.42. The molecule has 0 saturated carbocycles. The number of ketones is 1. The summed E-state index contributed by atoms with van der Waals surface area (Å²) in [5.74, 6) is 0.258. The number of ether oxygens (including phenoxy) is 2. The molecular weight excluding hydrogens is 236 g/mol. The second-order valence-corrected chi connectivity index (χ2v) is 3.34. The lowest BCUT2D eigenvalue weighted by atomic mass is 10.1. The number of Topliss-reactive ketones (excluding diaryl/α,β-unsaturated/α-hetero) is 1. The molecule has 0 unspecified atom stereocenters. The van der Waals surface area contributed by atoms with Crippen LogP contribution in [0.2, 0.25) is 0 Å². The molecule has 0 radical (unpaired) electrons. The number of rotatable bonds is 4. The van der Waals surface area contributed by atoms with Gasteiger partial charge in [-0.25, -0.2) is 0 Å². The van der Waals surface area contributed by atoms with Crippen molar-refractivity contribution in [2.24, 2.45) is 0 Å². The van der Waals surface area contributed by atoms with Gasteiger partial charge in [0, 0.05) is 6.92 Å². The Morgan fingerprint density at radius 3 is 2.11 bits per heavy atom. The van der Waals surface area contributed by atoms with E-state index < -0.39 is 5.97 Å². The molecule has 18 heavy (non-hydrogen) atoms. The molecule has 1 rings (SSSR count). The monoisotopic (exact) mass is 254 g/mol. The van der Waals surface area contributed by atoms with Crippen molar-refractivity contribution in [2.45, 2.75) is 20.8 Å². The van der Waals surface area contributed by atoms with E-state index >= 15 is 0 Å². The molecule has 0 bridgehead atoms. The largest absolute Gasteiger partial charge is 0.496 e. The smallest absolute Gasteiger partial charge is 0.300 e. The van der Waals surface area contributed by atoms with Crippen molar-refractivity contribution >= 4 is 11.8 Å². The molecule has 0 aliphatic rings. The zero-order valence-corrected chi connectivity index (χ0v) is 11.0. The summed E-state index contributed by atoms with van der Waals surface area (Å²) in [5.41, 5.74) is 0.511. The van der Waals surface area contributed by atoms with Crippen LogP contribution in [-0.4, -0.2) is 30.6 Å². The molecule has 0 aliphatic heterocycles. The van der Waals surface area contributed by atoms with Crippen LogP contribution in [0.5, 0.6) is 11.5 Å². The lowest BCUT2D eigenvalue weighted by molar-refractivity contribution is -0.134. The first-order valence-electron chi connectivity index (χ1n) is 5.44. The van der Waals surface area contributed by atoms with E-state index in [1.165, 1.54) is 14.0 Å². The first-order valence-corrected chi connectivity index (χ1v) is 5.44. The van der Waals surface area contributed by atoms with Crippen molar-refractivity contribution in [3.63, 3.8) is 0 Å². The molecule has 0 saturated heterocycles. The minimum atomic E-state index is -0.833. The number of carbonyl (C=O) groups excluding carboxylic acids is 1. The second-order valence-electron chi connectivity index (χ2n) is 3.34. The van der Waals surface area contributed by atoms with E-state index in [9.17, 15) is 4.79 Å². The standard InChI is InChI=1S/C11H14O3.C2H4O2/c1-4-14-10-7-5-6-9(13-3)11(10)8(2)12;1-2(3)4/h5-7H,4H2,1-3H3;1H3,(H,3,4). The lowest BCUT2D eigenvalue weighted by Gasteiger charge is -2.11. The highest BCUT2D eigenvalue weighted by Gasteiger charge is 2.13. The van der Waals surface area contributed by atoms with Gasteiger partial charge in [0.15, 0.2) is 5.78 Å². The van der Waals surface area contributed by atoms with Crippen molar-refractivity contribution in [1.29, 1.82) is 0 Å². The maximum absolute atomic E-state index is 11.4. The third-order valence-electron chi connectivity index (χ3n) is 1.86. The van der Waals surface area contributed by atoms with Gasteiger partial charge in [-0.1, -0.05) is 6.07 Å². The molecule has 0 fully saturated rings. The highest BCUT2D eigenvalue weighted by molar-refractivity contribution is 5.99. The van der Waals surface area contributed by atoms with Crippen LogP contribution in [0.4, 0.5) is 0 Å². The van der Waals surface area contributed by atoms with Crippen LogP contribution in [0.25, 0.3) is 0 Å². The third kappa shape index (κ3) is 5.34. The summed E-state index contributed by atoms with van der Waals surface area (Å²) in [6, 6.07) is 5.32. The summed E-state index contributed by atoms with van der Waals surface area (Å²) in [7, 11) is 1.54. The molecule has 1 aromatic carbocycles. The first kappa shape index (κ1) is 16.0. The van der Waals surface area contributed by atoms with Crippen LogP contribution >= 0.6 is 0 Å². The molecule has 0 amide bonds. The highest BCUT2D eigenvalue weighted by atomic mass is 16.5. The number of carboxylic acids is 1. The molecule has 100 valence electrons. The van der Waals surface area contributed by atoms with E-state index in [1.807, 2.05) is 6.92 Å². The van der Waals surface area contributed by atoms with Gasteiger partial charge in [-0.05, 0) is 26.0 Å². The van der Waals surface area contributed by atoms with Gasteiger partial charge in [0.1, 0.15) is 17.1 Å². The first-order chi connectivity index (χ1) is 8.43. The minimum Gasteiger partial charge on any atom is -0.496 e. The fourth-order valence-corrected chi connectivity index (χ4v) is 1.30. The van der Waals surface area contributed by atoms with Crippen LogP contribution in [0.1, 0.15) is 31.1 Å². The number of benzene rings is 1. The van der Waals surface area contributed by atoms with Gasteiger partial charge in [0.2, 0.25) is 0 Å². The van der Waals surface area contributed by atoms with Crippen molar-refractivity contribution < 1.29 is 24.2 Å². The molecule has 0 heterocycles. The Hall–Kier alpha value is -2.04. The Kier molecular flexibility index (Phi) is 7.19. The molecule has 0 spiro atoms. The summed E-state index contributed by atoms with van der Waals surface area (Å²) < 4.78 is 10.4. The van der Waals surface area contributed by atoms with Crippen molar-refractivity contribution in [3.8, 4) is 11.5 Å². The number of methoxy groups -OCH3 is 1. The molecular formula is C13H18O5. The van der Waals surface area contributed by atoms with Gasteiger partial charge in [0.05, 0.1) is 13.7 Å². The number of aliphatic carboxylic acids is 1. The fourth-order valence-electron chi connectivity index (χ4n) is 1.30. The predicted octanol–water partition coefficient (Wildman–Crippen LogP) is 2.39. The molecule has 5 heteroatoms. The molecule has 1 aromatic rings. The average Bonchev–Trinajstić information content (AvgIpc) is 2.28. The van der Waals surface area contributed by atoms with Crippen LogP contribution in [0.15, 0.2) is 18.2 Å². The van der Waals surface area contributed by atoms with E-state index in [4.69, 9.17) is 19.4 Å². The summed E-state index contributed by atoms with van der Waals surface area (Å²) >= 11 is 0. The van der Waals surface area contributed by atoms with Crippen molar-refractivity contribution in [1.82, 2.24) is 0 Å². The molecule has 0 aromatic heterocycles. The molecule has 0 atom stereocenters. The van der Waals surface area contributed by atoms with Gasteiger partial charge >= 0.3 is 0 Å². The zero-order valence-electron chi connectivity index (χ0n) is 11.0. The Morgan fingerprint density at radius 1 is 1.22 bits per heavy atom. The highest BCUT2D eigenvalue weighted by Crippen LogP contribution is 2.28. The zero-order chi connectivity index (χ0) is 14.1. The normalized spacial score (nSPS) is 8.89. The van der Waals surface area contributed by atoms with Gasteiger partial charge in [0.25, 0.3) is 5.97 Å². The Balaban J connectivity index is 0.000000631. The number of hydrogen-bond donors (Lipinski definition) is 1. The average molecular weight is 254 g/mol. The summed E-state index contributed by atoms with van der Waals surface area (Å²) in [6.45, 7) is 5.00. The SMILES string of the molecule is CC(=O)O.CCOc1cccc(OC)c1C(C)=O. The summed E-state index contributed by atoms with van der Waals surface area (Å²) in [6.07, 6.45) is 0. The Morgan fingerprint density at radius 2 is 1.72 bits per heavy atom. The third-order valence-corrected chi connectivity index (χ3v) is 1.86. The quantitative estimate of drug-likeness (QED) is 0.835. The van der Waals surface area contributed by atoms with E-state index in [0.29, 0.717) is 23.7 Å². The van der Waals surface area contributed by atoms with Gasteiger partial charge in [-0.3, -0.25) is 9.59 Å². The van der Waals surface area contributed by atoms with E-state index in [0.717, 1.165) is 6.92 Å². The Labute approximate surface area is 106 Å². The van der Waals surface area contributed by atoms with Crippen molar-refractivity contribution in [3.05, 3.63) is 23.8 Å². The number of carboxylic acid groups (broad SMARTS) is 1. The minimum absolute atomic E-state index is 0.0501. The van der Waals surface area contributed by atoms with E-state index in [-0.39, 0.29) is 5.78 Å². The molecule has 1 N–H and O–H groups in total. The van der Waals surface area contributed by atoms with Gasteiger partial charge in [-0.2, -0.15) is 0 Å². The van der Waals surface area contributed by atoms with E-state index in [1.54, 1.807) is 18.2 Å². The van der Waals surface area contributed by atoms with E-state index in [2.05, 4.69) is 0 Å². The van der Waals surface area contributed by atoms with Crippen LogP contribution in [-0.2, 0) is 4.79 Å². The lowest BCUT2D eigenvalue weighted by Crippen LogP contribution is -2.03. The second kappa shape index (κ2) is 8.11. The van der Waals surface area contributed by atoms with Gasteiger partial charge < -0.3 is 14.6 Å².